The van der Waals surface area contributed by atoms with Gasteiger partial charge >= 0.3 is 4.87 Å². The SMILES string of the molecule is O=C(Cn1c2c(sc1=O)[C@H](c1cccc(Cl)c1Cl)C1C(=O)N(c3ccc([N+](=O)[O-])cc3)C(=O)C1S2)Nc1ccc(F)cc1. The number of aromatic nitrogens is 1. The van der Waals surface area contributed by atoms with E-state index in [-0.39, 0.29) is 21.4 Å². The van der Waals surface area contributed by atoms with Crippen molar-refractivity contribution in [2.24, 2.45) is 5.92 Å². The molecule has 1 aromatic heterocycles. The van der Waals surface area contributed by atoms with Crippen LogP contribution in [0.1, 0.15) is 16.4 Å². The summed E-state index contributed by atoms with van der Waals surface area (Å²) in [4.78, 5) is 65.5. The van der Waals surface area contributed by atoms with Crippen molar-refractivity contribution in [3.63, 3.8) is 0 Å². The molecule has 1 fully saturated rings. The van der Waals surface area contributed by atoms with Crippen LogP contribution in [0.25, 0.3) is 0 Å². The van der Waals surface area contributed by atoms with Gasteiger partial charge in [-0.3, -0.25) is 33.9 Å². The molecule has 4 aromatic rings. The molecule has 0 aliphatic carbocycles. The predicted molar refractivity (Wildman–Crippen MR) is 161 cm³/mol. The van der Waals surface area contributed by atoms with Crippen LogP contribution in [0.5, 0.6) is 0 Å². The third-order valence-corrected chi connectivity index (χ3v) is 10.6. The van der Waals surface area contributed by atoms with E-state index in [1.807, 2.05) is 0 Å². The number of fused-ring (bicyclic) bond motifs is 2. The van der Waals surface area contributed by atoms with Crippen LogP contribution in [0.2, 0.25) is 10.0 Å². The van der Waals surface area contributed by atoms with E-state index < -0.39 is 57.0 Å². The second-order valence-corrected chi connectivity index (χ2v) is 12.6. The Kier molecular flexibility index (Phi) is 7.59. The third-order valence-electron chi connectivity index (χ3n) is 7.11. The van der Waals surface area contributed by atoms with Crippen molar-refractivity contribution < 1.29 is 23.7 Å². The van der Waals surface area contributed by atoms with Crippen molar-refractivity contribution in [3.8, 4) is 0 Å². The largest absolute Gasteiger partial charge is 0.325 e. The van der Waals surface area contributed by atoms with Gasteiger partial charge in [0.25, 0.3) is 5.69 Å². The summed E-state index contributed by atoms with van der Waals surface area (Å²) in [6, 6.07) is 15.0. The second kappa shape index (κ2) is 11.2. The van der Waals surface area contributed by atoms with Crippen LogP contribution >= 0.6 is 46.3 Å². The normalized spacial score (nSPS) is 19.2. The van der Waals surface area contributed by atoms with E-state index in [4.69, 9.17) is 23.2 Å². The van der Waals surface area contributed by atoms with E-state index in [1.54, 1.807) is 18.2 Å². The number of hydrogen-bond acceptors (Lipinski definition) is 8. The minimum atomic E-state index is -1.00. The first kappa shape index (κ1) is 29.1. The Morgan fingerprint density at radius 2 is 1.70 bits per heavy atom. The van der Waals surface area contributed by atoms with Gasteiger partial charge in [0.2, 0.25) is 17.7 Å². The smallest absolute Gasteiger partial charge is 0.308 e. The van der Waals surface area contributed by atoms with Crippen molar-refractivity contribution in [1.29, 1.82) is 0 Å². The van der Waals surface area contributed by atoms with E-state index in [1.165, 1.54) is 53.1 Å². The first-order valence-corrected chi connectivity index (χ1v) is 15.0. The van der Waals surface area contributed by atoms with Crippen LogP contribution in [-0.2, 0) is 20.9 Å². The van der Waals surface area contributed by atoms with Gasteiger partial charge < -0.3 is 5.32 Å². The second-order valence-electron chi connectivity index (χ2n) is 9.65. The molecular formula is C28H17Cl2FN4O6S2. The molecule has 0 saturated carbocycles. The molecule has 6 rings (SSSR count). The van der Waals surface area contributed by atoms with Crippen LogP contribution in [0.4, 0.5) is 21.5 Å². The van der Waals surface area contributed by atoms with E-state index in [9.17, 15) is 33.7 Å². The van der Waals surface area contributed by atoms with Crippen LogP contribution < -0.4 is 15.1 Å². The highest BCUT2D eigenvalue weighted by molar-refractivity contribution is 8.00. The molecule has 3 aromatic carbocycles. The molecule has 3 amide bonds. The summed E-state index contributed by atoms with van der Waals surface area (Å²) in [7, 11) is 0. The lowest BCUT2D eigenvalue weighted by atomic mass is 9.83. The van der Waals surface area contributed by atoms with Gasteiger partial charge in [0.1, 0.15) is 17.6 Å². The monoisotopic (exact) mass is 658 g/mol. The Labute approximate surface area is 260 Å². The fraction of sp³-hybridized carbons (Fsp3) is 0.143. The molecule has 1 saturated heterocycles. The number of rotatable bonds is 6. The maximum absolute atomic E-state index is 14.0. The molecule has 15 heteroatoms. The number of benzene rings is 3. The lowest BCUT2D eigenvalue weighted by Gasteiger charge is -2.31. The number of nitrogens with zero attached hydrogens (tertiary/aromatic N) is 3. The molecule has 2 aliphatic heterocycles. The summed E-state index contributed by atoms with van der Waals surface area (Å²) in [5.41, 5.74) is 0.714. The molecule has 43 heavy (non-hydrogen) atoms. The van der Waals surface area contributed by atoms with Gasteiger partial charge in [0, 0.05) is 28.6 Å². The number of thioether (sulfide) groups is 1. The van der Waals surface area contributed by atoms with E-state index in [0.29, 0.717) is 21.2 Å². The third kappa shape index (κ3) is 5.12. The van der Waals surface area contributed by atoms with E-state index >= 15 is 0 Å². The number of imide groups is 1. The summed E-state index contributed by atoms with van der Waals surface area (Å²) in [6.45, 7) is -0.406. The van der Waals surface area contributed by atoms with Gasteiger partial charge in [-0.2, -0.15) is 0 Å². The highest BCUT2D eigenvalue weighted by atomic mass is 35.5. The Hall–Kier alpha value is -4.04. The summed E-state index contributed by atoms with van der Waals surface area (Å²) in [5.74, 6) is -4.03. The standard InChI is InChI=1S/C28H17Cl2FN4O6S2/c29-18-3-1-2-17(22(18)30)20-21-23(26(38)34(25(21)37)15-8-10-16(11-9-15)35(40)41)42-27-24(20)43-28(39)33(27)12-19(36)32-14-6-4-13(31)5-7-14/h1-11,20-21,23H,12H2,(H,32,36)/t20-,21?,23?/m1/s1. The Bertz CT molecular complexity index is 1880. The van der Waals surface area contributed by atoms with Crippen molar-refractivity contribution >= 4 is 81.1 Å². The molecule has 218 valence electrons. The zero-order valence-corrected chi connectivity index (χ0v) is 24.7. The number of carbonyl (C=O) groups is 3. The molecule has 0 radical (unpaired) electrons. The number of carbonyl (C=O) groups excluding carboxylic acids is 3. The van der Waals surface area contributed by atoms with Crippen LogP contribution in [0.15, 0.2) is 76.6 Å². The van der Waals surface area contributed by atoms with Crippen molar-refractivity contribution in [2.75, 3.05) is 10.2 Å². The Balaban J connectivity index is 1.42. The van der Waals surface area contributed by atoms with E-state index in [2.05, 4.69) is 5.32 Å². The number of non-ortho nitro benzene ring substituents is 1. The number of hydrogen-bond donors (Lipinski definition) is 1. The number of amides is 3. The number of nitro benzene ring substituents is 1. The first-order chi connectivity index (χ1) is 20.5. The highest BCUT2D eigenvalue weighted by Crippen LogP contribution is 2.55. The van der Waals surface area contributed by atoms with Crippen LogP contribution in [-0.4, -0.2) is 32.5 Å². The maximum Gasteiger partial charge on any atom is 0.308 e. The average molecular weight is 660 g/mol. The topological polar surface area (TPSA) is 132 Å². The van der Waals surface area contributed by atoms with Crippen molar-refractivity contribution in [1.82, 2.24) is 4.57 Å². The molecule has 3 atom stereocenters. The van der Waals surface area contributed by atoms with Crippen molar-refractivity contribution in [2.45, 2.75) is 22.7 Å². The molecule has 0 spiro atoms. The van der Waals surface area contributed by atoms with Gasteiger partial charge in [-0.15, -0.1) is 0 Å². The molecular weight excluding hydrogens is 642 g/mol. The minimum Gasteiger partial charge on any atom is -0.325 e. The summed E-state index contributed by atoms with van der Waals surface area (Å²) >= 11 is 14.8. The molecule has 3 heterocycles. The molecule has 2 unspecified atom stereocenters. The summed E-state index contributed by atoms with van der Waals surface area (Å²) in [6.07, 6.45) is 0. The maximum atomic E-state index is 14.0. The van der Waals surface area contributed by atoms with E-state index in [0.717, 1.165) is 28.0 Å². The summed E-state index contributed by atoms with van der Waals surface area (Å²) < 4.78 is 14.5. The van der Waals surface area contributed by atoms with Gasteiger partial charge in [0.15, 0.2) is 0 Å². The van der Waals surface area contributed by atoms with Crippen LogP contribution in [0, 0.1) is 21.8 Å². The Morgan fingerprint density at radius 3 is 2.37 bits per heavy atom. The van der Waals surface area contributed by atoms with Gasteiger partial charge in [0.05, 0.1) is 31.6 Å². The zero-order valence-electron chi connectivity index (χ0n) is 21.5. The molecule has 2 aliphatic rings. The number of nitro groups is 1. The molecule has 1 N–H and O–H groups in total. The van der Waals surface area contributed by atoms with Crippen molar-refractivity contribution in [3.05, 3.63) is 113 Å². The number of halogens is 3. The fourth-order valence-corrected chi connectivity index (χ4v) is 8.40. The lowest BCUT2D eigenvalue weighted by Crippen LogP contribution is -2.33. The summed E-state index contributed by atoms with van der Waals surface area (Å²) in [5, 5.41) is 13.4. The average Bonchev–Trinajstić information content (AvgIpc) is 3.42. The lowest BCUT2D eigenvalue weighted by molar-refractivity contribution is -0.384. The predicted octanol–water partition coefficient (Wildman–Crippen LogP) is 5.70. The fourth-order valence-electron chi connectivity index (χ4n) is 5.21. The molecule has 10 nitrogen and oxygen atoms in total. The number of thiazole rings is 1. The highest BCUT2D eigenvalue weighted by Gasteiger charge is 2.57. The van der Waals surface area contributed by atoms with Gasteiger partial charge in [-0.1, -0.05) is 58.4 Å². The number of anilines is 2. The number of nitrogens with one attached hydrogen (secondary N) is 1. The van der Waals surface area contributed by atoms with Crippen LogP contribution in [0.3, 0.4) is 0 Å². The molecule has 0 bridgehead atoms. The minimum absolute atomic E-state index is 0.154. The first-order valence-electron chi connectivity index (χ1n) is 12.6. The van der Waals surface area contributed by atoms with Gasteiger partial charge in [-0.05, 0) is 48.0 Å². The Morgan fingerprint density at radius 1 is 1.00 bits per heavy atom. The van der Waals surface area contributed by atoms with Gasteiger partial charge in [-0.25, -0.2) is 9.29 Å². The zero-order chi connectivity index (χ0) is 30.6. The quantitative estimate of drug-likeness (QED) is 0.160.